The number of aryl methyl sites for hydroxylation is 3. The standard InChI is InChI=1S/C29H39N3O2/c33-19-22-11-14-24-23(17-22)13-16-25-28(24)30-26(15-12-20-7-3-1-4-8-20)29(31-25)32-27(34)18-21-9-5-2-6-10-21/h11,14,17,20-21,33H,1-10,12-13,15-16,18-19H2,(H,31,32,34). The Balaban J connectivity index is 1.40. The number of rotatable bonds is 7. The van der Waals surface area contributed by atoms with Crippen LogP contribution in [-0.2, 0) is 30.7 Å². The fourth-order valence-electron chi connectivity index (χ4n) is 6.26. The van der Waals surface area contributed by atoms with Crippen molar-refractivity contribution in [2.75, 3.05) is 5.32 Å². The zero-order chi connectivity index (χ0) is 23.3. The van der Waals surface area contributed by atoms with Gasteiger partial charge in [0.05, 0.1) is 23.7 Å². The third-order valence-electron chi connectivity index (χ3n) is 8.25. The van der Waals surface area contributed by atoms with E-state index >= 15 is 0 Å². The Morgan fingerprint density at radius 1 is 0.941 bits per heavy atom. The smallest absolute Gasteiger partial charge is 0.225 e. The van der Waals surface area contributed by atoms with Gasteiger partial charge in [0.25, 0.3) is 0 Å². The molecule has 0 saturated heterocycles. The number of hydrogen-bond donors (Lipinski definition) is 2. The van der Waals surface area contributed by atoms with Gasteiger partial charge in [-0.3, -0.25) is 4.79 Å². The zero-order valence-corrected chi connectivity index (χ0v) is 20.5. The van der Waals surface area contributed by atoms with Crippen LogP contribution in [0, 0.1) is 11.8 Å². The van der Waals surface area contributed by atoms with E-state index in [0.29, 0.717) is 18.2 Å². The number of benzene rings is 1. The van der Waals surface area contributed by atoms with Crippen molar-refractivity contribution in [3.63, 3.8) is 0 Å². The SMILES string of the molecule is O=C(CC1CCCCC1)Nc1nc2c(nc1CCC1CCCCC1)-c1ccc(CO)cc1CC2. The third-order valence-corrected chi connectivity index (χ3v) is 8.25. The van der Waals surface area contributed by atoms with Gasteiger partial charge >= 0.3 is 0 Å². The Labute approximate surface area is 203 Å². The lowest BCUT2D eigenvalue weighted by molar-refractivity contribution is -0.117. The topological polar surface area (TPSA) is 75.1 Å². The molecule has 0 bridgehead atoms. The maximum absolute atomic E-state index is 13.0. The molecule has 5 heteroatoms. The first-order chi connectivity index (χ1) is 16.7. The first-order valence-corrected chi connectivity index (χ1v) is 13.6. The Kier molecular flexibility index (Phi) is 7.58. The average molecular weight is 462 g/mol. The molecule has 0 atom stereocenters. The van der Waals surface area contributed by atoms with E-state index in [0.717, 1.165) is 59.8 Å². The molecule has 0 aliphatic heterocycles. The number of hydrogen-bond acceptors (Lipinski definition) is 4. The van der Waals surface area contributed by atoms with Crippen LogP contribution in [0.2, 0.25) is 0 Å². The van der Waals surface area contributed by atoms with Crippen molar-refractivity contribution in [3.8, 4) is 11.3 Å². The van der Waals surface area contributed by atoms with Crippen molar-refractivity contribution < 1.29 is 9.90 Å². The summed E-state index contributed by atoms with van der Waals surface area (Å²) in [5, 5.41) is 12.7. The van der Waals surface area contributed by atoms with Crippen LogP contribution in [0.4, 0.5) is 5.82 Å². The second kappa shape index (κ2) is 11.0. The van der Waals surface area contributed by atoms with Crippen molar-refractivity contribution in [1.82, 2.24) is 9.97 Å². The Morgan fingerprint density at radius 2 is 1.68 bits per heavy atom. The molecule has 3 aliphatic carbocycles. The summed E-state index contributed by atoms with van der Waals surface area (Å²) in [5.41, 5.74) is 6.21. The Bertz CT molecular complexity index is 1010. The second-order valence-electron chi connectivity index (χ2n) is 10.8. The summed E-state index contributed by atoms with van der Waals surface area (Å²) >= 11 is 0. The van der Waals surface area contributed by atoms with Crippen LogP contribution in [0.1, 0.15) is 99.6 Å². The van der Waals surface area contributed by atoms with Gasteiger partial charge in [-0.15, -0.1) is 0 Å². The van der Waals surface area contributed by atoms with Gasteiger partial charge in [0.2, 0.25) is 5.91 Å². The van der Waals surface area contributed by atoms with Crippen LogP contribution in [-0.4, -0.2) is 21.0 Å². The minimum atomic E-state index is 0.0599. The lowest BCUT2D eigenvalue weighted by Gasteiger charge is -2.24. The molecule has 1 aromatic carbocycles. The molecular formula is C29H39N3O2. The van der Waals surface area contributed by atoms with Crippen molar-refractivity contribution >= 4 is 11.7 Å². The van der Waals surface area contributed by atoms with Gasteiger partial charge in [0.1, 0.15) is 0 Å². The Hall–Kier alpha value is -2.27. The van der Waals surface area contributed by atoms with E-state index in [4.69, 9.17) is 9.97 Å². The summed E-state index contributed by atoms with van der Waals surface area (Å²) in [7, 11) is 0. The van der Waals surface area contributed by atoms with E-state index < -0.39 is 0 Å². The predicted octanol–water partition coefficient (Wildman–Crippen LogP) is 6.16. The number of aromatic nitrogens is 2. The van der Waals surface area contributed by atoms with Gasteiger partial charge < -0.3 is 10.4 Å². The molecule has 2 aromatic rings. The number of carbonyl (C=O) groups excluding carboxylic acids is 1. The van der Waals surface area contributed by atoms with Crippen LogP contribution in [0.15, 0.2) is 18.2 Å². The van der Waals surface area contributed by atoms with Gasteiger partial charge in [0.15, 0.2) is 5.82 Å². The number of nitrogens with one attached hydrogen (secondary N) is 1. The van der Waals surface area contributed by atoms with Gasteiger partial charge in [0, 0.05) is 12.0 Å². The molecule has 2 saturated carbocycles. The fraction of sp³-hybridized carbons (Fsp3) is 0.621. The summed E-state index contributed by atoms with van der Waals surface area (Å²) in [5.74, 6) is 2.07. The van der Waals surface area contributed by atoms with Crippen molar-refractivity contribution in [2.24, 2.45) is 11.8 Å². The number of nitrogens with zero attached hydrogens (tertiary/aromatic N) is 2. The quantitative estimate of drug-likeness (QED) is 0.518. The molecular weight excluding hydrogens is 422 g/mol. The highest BCUT2D eigenvalue weighted by Crippen LogP contribution is 2.35. The molecule has 1 heterocycles. The molecule has 1 amide bonds. The van der Waals surface area contributed by atoms with Crippen LogP contribution >= 0.6 is 0 Å². The van der Waals surface area contributed by atoms with Crippen molar-refractivity contribution in [2.45, 2.75) is 103 Å². The summed E-state index contributed by atoms with van der Waals surface area (Å²) in [6.07, 6.45) is 17.1. The van der Waals surface area contributed by atoms with Gasteiger partial charge in [-0.1, -0.05) is 69.6 Å². The van der Waals surface area contributed by atoms with Crippen LogP contribution in [0.5, 0.6) is 0 Å². The molecule has 0 unspecified atom stereocenters. The normalized spacial score (nSPS) is 18.9. The van der Waals surface area contributed by atoms with Crippen LogP contribution in [0.3, 0.4) is 0 Å². The number of aliphatic hydroxyl groups is 1. The lowest BCUT2D eigenvalue weighted by atomic mass is 9.85. The first kappa shape index (κ1) is 23.5. The maximum Gasteiger partial charge on any atom is 0.225 e. The minimum absolute atomic E-state index is 0.0599. The number of amides is 1. The highest BCUT2D eigenvalue weighted by Gasteiger charge is 2.24. The summed E-state index contributed by atoms with van der Waals surface area (Å²) in [4.78, 5) is 23.1. The molecule has 3 aliphatic rings. The highest BCUT2D eigenvalue weighted by atomic mass is 16.3. The Morgan fingerprint density at radius 3 is 2.41 bits per heavy atom. The monoisotopic (exact) mass is 461 g/mol. The molecule has 34 heavy (non-hydrogen) atoms. The van der Waals surface area contributed by atoms with Crippen molar-refractivity contribution in [3.05, 3.63) is 40.7 Å². The third kappa shape index (κ3) is 5.51. The second-order valence-corrected chi connectivity index (χ2v) is 10.8. The van der Waals surface area contributed by atoms with E-state index in [2.05, 4.69) is 17.4 Å². The predicted molar refractivity (Wildman–Crippen MR) is 136 cm³/mol. The number of fused-ring (bicyclic) bond motifs is 3. The summed E-state index contributed by atoms with van der Waals surface area (Å²) < 4.78 is 0. The molecule has 2 fully saturated rings. The molecule has 0 radical (unpaired) electrons. The average Bonchev–Trinajstić information content (AvgIpc) is 2.88. The van der Waals surface area contributed by atoms with E-state index in [1.54, 1.807) is 0 Å². The number of aliphatic hydroxyl groups excluding tert-OH is 1. The van der Waals surface area contributed by atoms with Crippen LogP contribution in [0.25, 0.3) is 11.3 Å². The first-order valence-electron chi connectivity index (χ1n) is 13.6. The summed E-state index contributed by atoms with van der Waals surface area (Å²) in [6.45, 7) is 0.0599. The van der Waals surface area contributed by atoms with Gasteiger partial charge in [-0.05, 0) is 61.5 Å². The molecule has 5 nitrogen and oxygen atoms in total. The molecule has 5 rings (SSSR count). The molecule has 182 valence electrons. The van der Waals surface area contributed by atoms with Crippen molar-refractivity contribution in [1.29, 1.82) is 0 Å². The summed E-state index contributed by atoms with van der Waals surface area (Å²) in [6, 6.07) is 6.17. The minimum Gasteiger partial charge on any atom is -0.392 e. The zero-order valence-electron chi connectivity index (χ0n) is 20.5. The van der Waals surface area contributed by atoms with Crippen LogP contribution < -0.4 is 5.32 Å². The van der Waals surface area contributed by atoms with E-state index in [1.807, 2.05) is 6.07 Å². The largest absolute Gasteiger partial charge is 0.392 e. The van der Waals surface area contributed by atoms with Gasteiger partial charge in [-0.2, -0.15) is 0 Å². The lowest BCUT2D eigenvalue weighted by Crippen LogP contribution is -2.22. The van der Waals surface area contributed by atoms with E-state index in [1.165, 1.54) is 69.8 Å². The number of anilines is 1. The molecule has 1 aromatic heterocycles. The van der Waals surface area contributed by atoms with Gasteiger partial charge in [-0.25, -0.2) is 9.97 Å². The molecule has 2 N–H and O–H groups in total. The highest BCUT2D eigenvalue weighted by molar-refractivity contribution is 5.90. The fourth-order valence-corrected chi connectivity index (χ4v) is 6.26. The molecule has 0 spiro atoms. The number of carbonyl (C=O) groups is 1. The van der Waals surface area contributed by atoms with E-state index in [9.17, 15) is 9.90 Å². The van der Waals surface area contributed by atoms with E-state index in [-0.39, 0.29) is 12.5 Å². The maximum atomic E-state index is 13.0.